The standard InChI is InChI=1S/C13H14ClFO2/c1-3-17-12(16)6-4-5-10-7-8-11(15)9(2)13(10)14/h4-5,7-8H,3,6H2,1-2H3. The fraction of sp³-hybridized carbons (Fsp3) is 0.308. The molecule has 0 fully saturated rings. The Morgan fingerprint density at radius 2 is 2.24 bits per heavy atom. The molecular weight excluding hydrogens is 243 g/mol. The van der Waals surface area contributed by atoms with Crippen LogP contribution in [0.25, 0.3) is 6.08 Å². The molecule has 0 bridgehead atoms. The maximum absolute atomic E-state index is 13.1. The summed E-state index contributed by atoms with van der Waals surface area (Å²) in [4.78, 5) is 11.1. The van der Waals surface area contributed by atoms with E-state index in [1.54, 1.807) is 32.1 Å². The molecule has 4 heteroatoms. The van der Waals surface area contributed by atoms with Gasteiger partial charge in [-0.3, -0.25) is 4.79 Å². The molecule has 0 unspecified atom stereocenters. The van der Waals surface area contributed by atoms with Gasteiger partial charge < -0.3 is 4.74 Å². The van der Waals surface area contributed by atoms with Crippen molar-refractivity contribution in [2.75, 3.05) is 6.61 Å². The van der Waals surface area contributed by atoms with Gasteiger partial charge in [0, 0.05) is 5.56 Å². The Morgan fingerprint density at radius 1 is 1.53 bits per heavy atom. The van der Waals surface area contributed by atoms with Gasteiger partial charge in [-0.05, 0) is 25.5 Å². The Labute approximate surface area is 105 Å². The lowest BCUT2D eigenvalue weighted by molar-refractivity contribution is -0.142. The summed E-state index contributed by atoms with van der Waals surface area (Å²) in [6, 6.07) is 2.93. The summed E-state index contributed by atoms with van der Waals surface area (Å²) in [6.45, 7) is 3.73. The van der Waals surface area contributed by atoms with Crippen LogP contribution in [0.5, 0.6) is 0 Å². The van der Waals surface area contributed by atoms with Gasteiger partial charge in [0.15, 0.2) is 0 Å². The zero-order valence-electron chi connectivity index (χ0n) is 9.80. The number of benzene rings is 1. The number of hydrogen-bond donors (Lipinski definition) is 0. The van der Waals surface area contributed by atoms with Gasteiger partial charge in [-0.1, -0.05) is 29.8 Å². The summed E-state index contributed by atoms with van der Waals surface area (Å²) in [7, 11) is 0. The van der Waals surface area contributed by atoms with Crippen molar-refractivity contribution >= 4 is 23.6 Å². The minimum absolute atomic E-state index is 0.181. The largest absolute Gasteiger partial charge is 0.466 e. The minimum Gasteiger partial charge on any atom is -0.466 e. The number of carbonyl (C=O) groups is 1. The van der Waals surface area contributed by atoms with Crippen molar-refractivity contribution in [3.63, 3.8) is 0 Å². The minimum atomic E-state index is -0.336. The van der Waals surface area contributed by atoms with Crippen LogP contribution < -0.4 is 0 Å². The van der Waals surface area contributed by atoms with Crippen molar-refractivity contribution in [2.24, 2.45) is 0 Å². The normalized spacial score (nSPS) is 10.8. The van der Waals surface area contributed by atoms with Gasteiger partial charge in [0.1, 0.15) is 5.82 Å². The zero-order valence-corrected chi connectivity index (χ0v) is 10.6. The molecule has 0 N–H and O–H groups in total. The van der Waals surface area contributed by atoms with Crippen LogP contribution in [0, 0.1) is 12.7 Å². The van der Waals surface area contributed by atoms with Crippen LogP contribution in [-0.4, -0.2) is 12.6 Å². The van der Waals surface area contributed by atoms with Gasteiger partial charge in [0.05, 0.1) is 18.1 Å². The third kappa shape index (κ3) is 3.86. The van der Waals surface area contributed by atoms with Gasteiger partial charge in [0.25, 0.3) is 0 Å². The lowest BCUT2D eigenvalue weighted by Gasteiger charge is -2.03. The molecule has 1 aromatic carbocycles. The number of hydrogen-bond acceptors (Lipinski definition) is 2. The maximum Gasteiger partial charge on any atom is 0.309 e. The summed E-state index contributed by atoms with van der Waals surface area (Å²) in [6.07, 6.45) is 3.52. The molecule has 1 rings (SSSR count). The van der Waals surface area contributed by atoms with Crippen LogP contribution in [-0.2, 0) is 9.53 Å². The van der Waals surface area contributed by atoms with Gasteiger partial charge in [-0.15, -0.1) is 0 Å². The van der Waals surface area contributed by atoms with Gasteiger partial charge >= 0.3 is 5.97 Å². The SMILES string of the molecule is CCOC(=O)CC=Cc1ccc(F)c(C)c1Cl. The van der Waals surface area contributed by atoms with E-state index in [0.717, 1.165) is 0 Å². The molecule has 1 aromatic rings. The highest BCUT2D eigenvalue weighted by atomic mass is 35.5. The lowest BCUT2D eigenvalue weighted by Crippen LogP contribution is -2.01. The molecule has 0 atom stereocenters. The molecule has 0 heterocycles. The van der Waals surface area contributed by atoms with E-state index in [0.29, 0.717) is 22.8 Å². The predicted octanol–water partition coefficient (Wildman–Crippen LogP) is 3.75. The van der Waals surface area contributed by atoms with Gasteiger partial charge in [-0.2, -0.15) is 0 Å². The van der Waals surface area contributed by atoms with Crippen molar-refractivity contribution in [1.82, 2.24) is 0 Å². The van der Waals surface area contributed by atoms with E-state index >= 15 is 0 Å². The fourth-order valence-corrected chi connectivity index (χ4v) is 1.53. The van der Waals surface area contributed by atoms with Crippen LogP contribution in [0.3, 0.4) is 0 Å². The molecule has 0 saturated carbocycles. The maximum atomic E-state index is 13.1. The van der Waals surface area contributed by atoms with Gasteiger partial charge in [0.2, 0.25) is 0 Å². The summed E-state index contributed by atoms with van der Waals surface area (Å²) in [5.41, 5.74) is 1.10. The first-order valence-corrected chi connectivity index (χ1v) is 5.70. The highest BCUT2D eigenvalue weighted by molar-refractivity contribution is 6.32. The smallest absolute Gasteiger partial charge is 0.309 e. The van der Waals surface area contributed by atoms with E-state index in [4.69, 9.17) is 16.3 Å². The van der Waals surface area contributed by atoms with Crippen LogP contribution in [0.4, 0.5) is 4.39 Å². The van der Waals surface area contributed by atoms with E-state index in [-0.39, 0.29) is 18.2 Å². The monoisotopic (exact) mass is 256 g/mol. The first-order valence-electron chi connectivity index (χ1n) is 5.33. The summed E-state index contributed by atoms with van der Waals surface area (Å²) < 4.78 is 17.9. The number of ether oxygens (including phenoxy) is 1. The second-order valence-electron chi connectivity index (χ2n) is 3.49. The molecule has 0 spiro atoms. The van der Waals surface area contributed by atoms with Crippen LogP contribution >= 0.6 is 11.6 Å². The first kappa shape index (κ1) is 13.7. The first-order chi connectivity index (χ1) is 8.06. The molecule has 17 heavy (non-hydrogen) atoms. The second-order valence-corrected chi connectivity index (χ2v) is 3.87. The van der Waals surface area contributed by atoms with Crippen LogP contribution in [0.2, 0.25) is 5.02 Å². The molecule has 0 aliphatic rings. The molecular formula is C13H14ClFO2. The average Bonchev–Trinajstić information content (AvgIpc) is 2.29. The van der Waals surface area contributed by atoms with E-state index in [9.17, 15) is 9.18 Å². The summed E-state index contributed by atoms with van der Waals surface area (Å²) >= 11 is 5.97. The molecule has 0 radical (unpaired) electrons. The Balaban J connectivity index is 2.72. The molecule has 0 aliphatic carbocycles. The second kappa shape index (κ2) is 6.40. The molecule has 92 valence electrons. The molecule has 0 amide bonds. The van der Waals surface area contributed by atoms with Crippen molar-refractivity contribution < 1.29 is 13.9 Å². The van der Waals surface area contributed by atoms with Crippen molar-refractivity contribution in [3.05, 3.63) is 40.2 Å². The van der Waals surface area contributed by atoms with E-state index in [1.165, 1.54) is 6.07 Å². The van der Waals surface area contributed by atoms with Crippen molar-refractivity contribution in [3.8, 4) is 0 Å². The van der Waals surface area contributed by atoms with E-state index < -0.39 is 0 Å². The third-order valence-electron chi connectivity index (χ3n) is 2.24. The van der Waals surface area contributed by atoms with Gasteiger partial charge in [-0.25, -0.2) is 4.39 Å². The van der Waals surface area contributed by atoms with E-state index in [2.05, 4.69) is 0 Å². The Kier molecular flexibility index (Phi) is 5.16. The topological polar surface area (TPSA) is 26.3 Å². The molecule has 2 nitrogen and oxygen atoms in total. The molecule has 0 saturated heterocycles. The number of rotatable bonds is 4. The Bertz CT molecular complexity index is 441. The fourth-order valence-electron chi connectivity index (χ4n) is 1.31. The van der Waals surface area contributed by atoms with E-state index in [1.807, 2.05) is 0 Å². The highest BCUT2D eigenvalue weighted by Gasteiger charge is 2.05. The number of esters is 1. The lowest BCUT2D eigenvalue weighted by atomic mass is 10.1. The quantitative estimate of drug-likeness (QED) is 0.767. The zero-order chi connectivity index (χ0) is 12.8. The predicted molar refractivity (Wildman–Crippen MR) is 66.4 cm³/mol. The van der Waals surface area contributed by atoms with Crippen LogP contribution in [0.15, 0.2) is 18.2 Å². The van der Waals surface area contributed by atoms with Crippen molar-refractivity contribution in [1.29, 1.82) is 0 Å². The van der Waals surface area contributed by atoms with Crippen LogP contribution in [0.1, 0.15) is 24.5 Å². The highest BCUT2D eigenvalue weighted by Crippen LogP contribution is 2.24. The van der Waals surface area contributed by atoms with Crippen molar-refractivity contribution in [2.45, 2.75) is 20.3 Å². The third-order valence-corrected chi connectivity index (χ3v) is 2.74. The number of carbonyl (C=O) groups excluding carboxylic acids is 1. The average molecular weight is 257 g/mol. The number of halogens is 2. The Hall–Kier alpha value is -1.35. The summed E-state index contributed by atoms with van der Waals surface area (Å²) in [5, 5.41) is 0.366. The summed E-state index contributed by atoms with van der Waals surface area (Å²) in [5.74, 6) is -0.628. The molecule has 0 aromatic heterocycles. The molecule has 0 aliphatic heterocycles. The Morgan fingerprint density at radius 3 is 2.88 bits per heavy atom.